The molecular formula is C16H15N3O4S. The summed E-state index contributed by atoms with van der Waals surface area (Å²) in [7, 11) is -0.788. The zero-order chi connectivity index (χ0) is 17.5. The molecule has 0 aliphatic carbocycles. The molecule has 0 saturated heterocycles. The van der Waals surface area contributed by atoms with Crippen LogP contribution in [0.15, 0.2) is 48.5 Å². The molecule has 1 N–H and O–H groups in total. The normalized spacial score (nSPS) is 14.2. The molecule has 2 aromatic rings. The Hall–Kier alpha value is -2.71. The van der Waals surface area contributed by atoms with Crippen LogP contribution in [0, 0.1) is 0 Å². The molecule has 124 valence electrons. The van der Waals surface area contributed by atoms with E-state index in [-0.39, 0.29) is 0 Å². The molecule has 2 aromatic carbocycles. The minimum Gasteiger partial charge on any atom is -0.271 e. The Morgan fingerprint density at radius 3 is 1.83 bits per heavy atom. The highest BCUT2D eigenvalue weighted by Gasteiger charge is 2.36. The van der Waals surface area contributed by atoms with Crippen LogP contribution in [0.3, 0.4) is 0 Å². The van der Waals surface area contributed by atoms with Gasteiger partial charge in [-0.1, -0.05) is 12.1 Å². The van der Waals surface area contributed by atoms with Crippen molar-refractivity contribution < 1.29 is 18.0 Å². The van der Waals surface area contributed by atoms with Crippen LogP contribution < -0.4 is 9.62 Å². The van der Waals surface area contributed by atoms with Gasteiger partial charge in [-0.2, -0.15) is 12.7 Å². The first kappa shape index (κ1) is 16.2. The van der Waals surface area contributed by atoms with Crippen molar-refractivity contribution in [2.24, 2.45) is 0 Å². The van der Waals surface area contributed by atoms with E-state index in [1.165, 1.54) is 38.4 Å². The predicted molar refractivity (Wildman–Crippen MR) is 90.3 cm³/mol. The molecule has 0 fully saturated rings. The Morgan fingerprint density at radius 1 is 0.875 bits per heavy atom. The zero-order valence-electron chi connectivity index (χ0n) is 13.1. The summed E-state index contributed by atoms with van der Waals surface area (Å²) in [6, 6.07) is 12.7. The van der Waals surface area contributed by atoms with Gasteiger partial charge in [-0.3, -0.25) is 14.3 Å². The van der Waals surface area contributed by atoms with Crippen LogP contribution in [-0.4, -0.2) is 38.6 Å². The summed E-state index contributed by atoms with van der Waals surface area (Å²) < 4.78 is 27.0. The summed E-state index contributed by atoms with van der Waals surface area (Å²) in [5, 5.41) is 0. The average molecular weight is 345 g/mol. The minimum absolute atomic E-state index is 0.337. The summed E-state index contributed by atoms with van der Waals surface area (Å²) in [5.74, 6) is -0.783. The van der Waals surface area contributed by atoms with E-state index in [0.29, 0.717) is 22.5 Å². The minimum atomic E-state index is -3.61. The van der Waals surface area contributed by atoms with Gasteiger partial charge in [-0.05, 0) is 36.4 Å². The molecule has 2 amide bonds. The number of nitrogens with one attached hydrogen (secondary N) is 1. The molecule has 3 rings (SSSR count). The van der Waals surface area contributed by atoms with Crippen LogP contribution in [-0.2, 0) is 10.2 Å². The lowest BCUT2D eigenvalue weighted by atomic mass is 10.1. The molecule has 1 aliphatic rings. The number of carbonyl (C=O) groups is 2. The number of rotatable bonds is 4. The van der Waals surface area contributed by atoms with Gasteiger partial charge in [0.2, 0.25) is 0 Å². The lowest BCUT2D eigenvalue weighted by Gasteiger charge is -2.16. The number of imide groups is 1. The fourth-order valence-electron chi connectivity index (χ4n) is 2.34. The molecule has 24 heavy (non-hydrogen) atoms. The van der Waals surface area contributed by atoms with Crippen LogP contribution in [0.2, 0.25) is 0 Å². The molecule has 0 aromatic heterocycles. The molecule has 0 radical (unpaired) electrons. The first-order chi connectivity index (χ1) is 11.3. The third-order valence-corrected chi connectivity index (χ3v) is 5.10. The molecular weight excluding hydrogens is 330 g/mol. The second-order valence-electron chi connectivity index (χ2n) is 5.43. The SMILES string of the molecule is CN(C)S(=O)(=O)Nc1ccc(N2C(=O)c3ccccc3C2=O)cc1. The Kier molecular flexibility index (Phi) is 3.86. The number of amides is 2. The number of hydrogen-bond acceptors (Lipinski definition) is 4. The number of carbonyl (C=O) groups excluding carboxylic acids is 2. The van der Waals surface area contributed by atoms with Crippen molar-refractivity contribution in [2.75, 3.05) is 23.7 Å². The van der Waals surface area contributed by atoms with Gasteiger partial charge in [-0.25, -0.2) is 4.90 Å². The zero-order valence-corrected chi connectivity index (χ0v) is 13.9. The van der Waals surface area contributed by atoms with Gasteiger partial charge in [0, 0.05) is 19.8 Å². The molecule has 0 bridgehead atoms. The monoisotopic (exact) mass is 345 g/mol. The number of hydrogen-bond donors (Lipinski definition) is 1. The van der Waals surface area contributed by atoms with Gasteiger partial charge in [0.1, 0.15) is 0 Å². The van der Waals surface area contributed by atoms with E-state index in [4.69, 9.17) is 0 Å². The van der Waals surface area contributed by atoms with E-state index in [1.54, 1.807) is 24.3 Å². The van der Waals surface area contributed by atoms with Gasteiger partial charge in [0.15, 0.2) is 0 Å². The van der Waals surface area contributed by atoms with E-state index < -0.39 is 22.0 Å². The van der Waals surface area contributed by atoms with Gasteiger partial charge >= 0.3 is 10.2 Å². The van der Waals surface area contributed by atoms with E-state index in [2.05, 4.69) is 4.72 Å². The van der Waals surface area contributed by atoms with Crippen molar-refractivity contribution >= 4 is 33.4 Å². The van der Waals surface area contributed by atoms with Crippen molar-refractivity contribution in [1.29, 1.82) is 0 Å². The molecule has 0 unspecified atom stereocenters. The van der Waals surface area contributed by atoms with E-state index in [9.17, 15) is 18.0 Å². The molecule has 1 heterocycles. The molecule has 1 aliphatic heterocycles. The first-order valence-electron chi connectivity index (χ1n) is 7.09. The van der Waals surface area contributed by atoms with E-state index in [1.807, 2.05) is 0 Å². The second-order valence-corrected chi connectivity index (χ2v) is 7.31. The Bertz CT molecular complexity index is 886. The smallest absolute Gasteiger partial charge is 0.271 e. The van der Waals surface area contributed by atoms with E-state index >= 15 is 0 Å². The second kappa shape index (κ2) is 5.73. The number of nitrogens with zero attached hydrogens (tertiary/aromatic N) is 2. The van der Waals surface area contributed by atoms with Gasteiger partial charge in [-0.15, -0.1) is 0 Å². The quantitative estimate of drug-likeness (QED) is 0.855. The highest BCUT2D eigenvalue weighted by Crippen LogP contribution is 2.29. The maximum Gasteiger partial charge on any atom is 0.301 e. The first-order valence-corrected chi connectivity index (χ1v) is 8.53. The lowest BCUT2D eigenvalue weighted by Crippen LogP contribution is -2.30. The van der Waals surface area contributed by atoms with Crippen LogP contribution in [0.25, 0.3) is 0 Å². The summed E-state index contributed by atoms with van der Waals surface area (Å²) in [4.78, 5) is 25.9. The fourth-order valence-corrected chi connectivity index (χ4v) is 2.96. The van der Waals surface area contributed by atoms with Crippen molar-refractivity contribution in [3.63, 3.8) is 0 Å². The summed E-state index contributed by atoms with van der Waals surface area (Å²) in [6.45, 7) is 0. The van der Waals surface area contributed by atoms with Crippen molar-refractivity contribution in [3.8, 4) is 0 Å². The molecule has 0 saturated carbocycles. The third-order valence-electron chi connectivity index (χ3n) is 3.65. The van der Waals surface area contributed by atoms with Gasteiger partial charge in [0.25, 0.3) is 11.8 Å². The van der Waals surface area contributed by atoms with Gasteiger partial charge in [0.05, 0.1) is 16.8 Å². The fraction of sp³-hybridized carbons (Fsp3) is 0.125. The summed E-state index contributed by atoms with van der Waals surface area (Å²) in [6.07, 6.45) is 0. The Labute approximate surface area is 139 Å². The maximum absolute atomic E-state index is 12.4. The largest absolute Gasteiger partial charge is 0.301 e. The number of fused-ring (bicyclic) bond motifs is 1. The number of benzene rings is 2. The predicted octanol–water partition coefficient (Wildman–Crippen LogP) is 1.71. The highest BCUT2D eigenvalue weighted by molar-refractivity contribution is 7.90. The molecule has 7 nitrogen and oxygen atoms in total. The number of anilines is 2. The Morgan fingerprint density at radius 2 is 1.38 bits per heavy atom. The van der Waals surface area contributed by atoms with Gasteiger partial charge < -0.3 is 0 Å². The Balaban J connectivity index is 1.88. The third kappa shape index (κ3) is 2.66. The van der Waals surface area contributed by atoms with Crippen LogP contribution in [0.5, 0.6) is 0 Å². The lowest BCUT2D eigenvalue weighted by molar-refractivity contribution is 0.0926. The van der Waals surface area contributed by atoms with Crippen LogP contribution >= 0.6 is 0 Å². The van der Waals surface area contributed by atoms with Crippen molar-refractivity contribution in [2.45, 2.75) is 0 Å². The van der Waals surface area contributed by atoms with Crippen LogP contribution in [0.1, 0.15) is 20.7 Å². The molecule has 0 spiro atoms. The van der Waals surface area contributed by atoms with E-state index in [0.717, 1.165) is 9.21 Å². The molecule has 0 atom stereocenters. The topological polar surface area (TPSA) is 86.8 Å². The average Bonchev–Trinajstić information content (AvgIpc) is 2.80. The van der Waals surface area contributed by atoms with Crippen molar-refractivity contribution in [1.82, 2.24) is 4.31 Å². The summed E-state index contributed by atoms with van der Waals surface area (Å²) >= 11 is 0. The van der Waals surface area contributed by atoms with Crippen LogP contribution in [0.4, 0.5) is 11.4 Å². The standard InChI is InChI=1S/C16H15N3O4S/c1-18(2)24(22,23)17-11-7-9-12(10-8-11)19-15(20)13-5-3-4-6-14(13)16(19)21/h3-10,17H,1-2H3. The molecule has 8 heteroatoms. The maximum atomic E-state index is 12.4. The van der Waals surface area contributed by atoms with Crippen molar-refractivity contribution in [3.05, 3.63) is 59.7 Å². The highest BCUT2D eigenvalue weighted by atomic mass is 32.2. The summed E-state index contributed by atoms with van der Waals surface area (Å²) in [5.41, 5.74) is 1.44.